The van der Waals surface area contributed by atoms with E-state index in [9.17, 15) is 14.7 Å². The van der Waals surface area contributed by atoms with Crippen LogP contribution in [0.2, 0.25) is 0 Å². The van der Waals surface area contributed by atoms with Gasteiger partial charge in [-0.25, -0.2) is 4.79 Å². The monoisotopic (exact) mass is 472 g/mol. The quantitative estimate of drug-likeness (QED) is 0.644. The molecule has 4 aliphatic heterocycles. The number of fused-ring (bicyclic) bond motifs is 1. The number of β-amino-alcohol motifs (C(OH)–C–C–N with tert-alkyl or cyclic N) is 1. The van der Waals surface area contributed by atoms with Gasteiger partial charge < -0.3 is 20.2 Å². The van der Waals surface area contributed by atoms with Gasteiger partial charge in [0.25, 0.3) is 0 Å². The first-order valence-electron chi connectivity index (χ1n) is 12.5. The Kier molecular flexibility index (Phi) is 6.86. The number of thioether (sulfide) groups is 1. The molecule has 3 fully saturated rings. The van der Waals surface area contributed by atoms with E-state index in [0.29, 0.717) is 26.1 Å². The van der Waals surface area contributed by atoms with Crippen LogP contribution in [0.4, 0.5) is 4.79 Å². The van der Waals surface area contributed by atoms with Gasteiger partial charge in [-0.3, -0.25) is 9.69 Å². The molecule has 5 rings (SSSR count). The third kappa shape index (κ3) is 5.33. The van der Waals surface area contributed by atoms with Crippen LogP contribution in [0.15, 0.2) is 24.3 Å². The van der Waals surface area contributed by atoms with Crippen LogP contribution < -0.4 is 5.32 Å². The molecule has 1 aromatic rings. The Morgan fingerprint density at radius 2 is 1.94 bits per heavy atom. The topological polar surface area (TPSA) is 76.1 Å². The van der Waals surface area contributed by atoms with Crippen molar-refractivity contribution in [2.24, 2.45) is 0 Å². The molecule has 0 saturated carbocycles. The first kappa shape index (κ1) is 23.0. The molecule has 7 nitrogen and oxygen atoms in total. The maximum atomic E-state index is 12.9. The molecule has 0 aliphatic carbocycles. The van der Waals surface area contributed by atoms with Crippen LogP contribution in [-0.4, -0.2) is 87.2 Å². The minimum Gasteiger partial charge on any atom is -0.377 e. The smallest absolute Gasteiger partial charge is 0.317 e. The van der Waals surface area contributed by atoms with Gasteiger partial charge in [-0.2, -0.15) is 0 Å². The summed E-state index contributed by atoms with van der Waals surface area (Å²) in [4.78, 5) is 30.8. The maximum absolute atomic E-state index is 12.9. The number of benzene rings is 1. The highest BCUT2D eigenvalue weighted by molar-refractivity contribution is 8.08. The lowest BCUT2D eigenvalue weighted by atomic mass is 9.99. The Morgan fingerprint density at radius 1 is 1.09 bits per heavy atom. The van der Waals surface area contributed by atoms with Crippen molar-refractivity contribution >= 4 is 23.7 Å². The average Bonchev–Trinajstić information content (AvgIpc) is 3.53. The van der Waals surface area contributed by atoms with Crippen molar-refractivity contribution in [2.75, 3.05) is 39.3 Å². The van der Waals surface area contributed by atoms with Crippen LogP contribution in [0.1, 0.15) is 49.7 Å². The van der Waals surface area contributed by atoms with Crippen molar-refractivity contribution in [3.8, 4) is 0 Å². The number of likely N-dealkylation sites (tertiary alicyclic amines) is 2. The molecule has 3 amide bonds. The molecule has 0 aromatic heterocycles. The van der Waals surface area contributed by atoms with E-state index >= 15 is 0 Å². The van der Waals surface area contributed by atoms with E-state index in [-0.39, 0.29) is 23.2 Å². The van der Waals surface area contributed by atoms with E-state index in [0.717, 1.165) is 64.7 Å². The SMILES string of the molecule is O=C(NCC1S[C@]1(O)CN1CCc2ccccc2C1)N1CCC[C@@H](N2CCCCCC2=O)C1. The predicted molar refractivity (Wildman–Crippen MR) is 130 cm³/mol. The van der Waals surface area contributed by atoms with Crippen LogP contribution in [0.5, 0.6) is 0 Å². The van der Waals surface area contributed by atoms with Gasteiger partial charge in [0.1, 0.15) is 4.93 Å². The number of nitrogens with zero attached hydrogens (tertiary/aromatic N) is 3. The summed E-state index contributed by atoms with van der Waals surface area (Å²) < 4.78 is 0. The fraction of sp³-hybridized carbons (Fsp3) is 0.680. The fourth-order valence-electron chi connectivity index (χ4n) is 5.64. The second-order valence-corrected chi connectivity index (χ2v) is 11.5. The van der Waals surface area contributed by atoms with Gasteiger partial charge in [0.15, 0.2) is 0 Å². The van der Waals surface area contributed by atoms with Crippen molar-refractivity contribution < 1.29 is 14.7 Å². The molecule has 8 heteroatoms. The Morgan fingerprint density at radius 3 is 2.82 bits per heavy atom. The van der Waals surface area contributed by atoms with Crippen LogP contribution in [-0.2, 0) is 17.8 Å². The van der Waals surface area contributed by atoms with Gasteiger partial charge in [0.05, 0.1) is 5.25 Å². The zero-order valence-corrected chi connectivity index (χ0v) is 20.2. The van der Waals surface area contributed by atoms with Crippen LogP contribution in [0.25, 0.3) is 0 Å². The van der Waals surface area contributed by atoms with E-state index in [1.54, 1.807) is 11.8 Å². The number of amides is 3. The summed E-state index contributed by atoms with van der Waals surface area (Å²) in [6.45, 7) is 5.13. The molecule has 4 aliphatic rings. The first-order chi connectivity index (χ1) is 16.0. The number of carbonyl (C=O) groups excluding carboxylic acids is 2. The van der Waals surface area contributed by atoms with Gasteiger partial charge in [-0.1, -0.05) is 30.7 Å². The molecule has 0 spiro atoms. The summed E-state index contributed by atoms with van der Waals surface area (Å²) in [6.07, 6.45) is 6.74. The van der Waals surface area contributed by atoms with E-state index in [2.05, 4.69) is 34.5 Å². The van der Waals surface area contributed by atoms with Gasteiger partial charge in [-0.15, -0.1) is 11.8 Å². The molecule has 3 saturated heterocycles. The molecule has 0 bridgehead atoms. The Labute approximate surface area is 200 Å². The van der Waals surface area contributed by atoms with Gasteiger partial charge in [0, 0.05) is 58.3 Å². The molecule has 33 heavy (non-hydrogen) atoms. The minimum absolute atomic E-state index is 0.0337. The second-order valence-electron chi connectivity index (χ2n) is 10.0. The van der Waals surface area contributed by atoms with E-state index in [1.165, 1.54) is 11.1 Å². The summed E-state index contributed by atoms with van der Waals surface area (Å²) in [6, 6.07) is 8.62. The first-order valence-corrected chi connectivity index (χ1v) is 13.4. The summed E-state index contributed by atoms with van der Waals surface area (Å²) in [5.41, 5.74) is 2.76. The highest BCUT2D eigenvalue weighted by atomic mass is 32.2. The number of nitrogens with one attached hydrogen (secondary N) is 1. The fourth-order valence-corrected chi connectivity index (χ4v) is 6.64. The lowest BCUT2D eigenvalue weighted by Gasteiger charge is -2.39. The Bertz CT molecular complexity index is 883. The lowest BCUT2D eigenvalue weighted by molar-refractivity contribution is -0.133. The average molecular weight is 473 g/mol. The summed E-state index contributed by atoms with van der Waals surface area (Å²) in [7, 11) is 0. The van der Waals surface area contributed by atoms with E-state index in [4.69, 9.17) is 0 Å². The van der Waals surface area contributed by atoms with Gasteiger partial charge >= 0.3 is 6.03 Å². The highest BCUT2D eigenvalue weighted by Gasteiger charge is 2.55. The van der Waals surface area contributed by atoms with Crippen LogP contribution in [0.3, 0.4) is 0 Å². The molecule has 3 atom stereocenters. The molecule has 2 N–H and O–H groups in total. The van der Waals surface area contributed by atoms with Crippen LogP contribution in [0, 0.1) is 0 Å². The summed E-state index contributed by atoms with van der Waals surface area (Å²) in [5, 5.41) is 14.1. The second kappa shape index (κ2) is 9.84. The number of aliphatic hydroxyl groups is 1. The summed E-state index contributed by atoms with van der Waals surface area (Å²) in [5.74, 6) is 0.250. The van der Waals surface area contributed by atoms with Crippen LogP contribution >= 0.6 is 11.8 Å². The largest absolute Gasteiger partial charge is 0.377 e. The maximum Gasteiger partial charge on any atom is 0.317 e. The molecule has 0 radical (unpaired) electrons. The molecule has 1 unspecified atom stereocenters. The van der Waals surface area contributed by atoms with Crippen molar-refractivity contribution in [1.82, 2.24) is 20.0 Å². The molecular weight excluding hydrogens is 436 g/mol. The Hall–Kier alpha value is -1.77. The zero-order chi connectivity index (χ0) is 22.8. The number of urea groups is 1. The lowest BCUT2D eigenvalue weighted by Crippen LogP contribution is -2.54. The van der Waals surface area contributed by atoms with E-state index < -0.39 is 4.93 Å². The van der Waals surface area contributed by atoms with E-state index in [1.807, 2.05) is 9.80 Å². The Balaban J connectivity index is 1.08. The number of hydrogen-bond donors (Lipinski definition) is 2. The van der Waals surface area contributed by atoms with Crippen molar-refractivity contribution in [2.45, 2.75) is 67.7 Å². The predicted octanol–water partition coefficient (Wildman–Crippen LogP) is 2.43. The minimum atomic E-state index is -0.775. The van der Waals surface area contributed by atoms with Crippen molar-refractivity contribution in [3.05, 3.63) is 35.4 Å². The van der Waals surface area contributed by atoms with Crippen molar-refractivity contribution in [3.63, 3.8) is 0 Å². The molecule has 4 heterocycles. The van der Waals surface area contributed by atoms with Gasteiger partial charge in [0.2, 0.25) is 5.91 Å². The molecule has 1 aromatic carbocycles. The zero-order valence-electron chi connectivity index (χ0n) is 19.4. The molecule has 180 valence electrons. The third-order valence-corrected chi connectivity index (χ3v) is 9.03. The van der Waals surface area contributed by atoms with Crippen molar-refractivity contribution in [1.29, 1.82) is 0 Å². The van der Waals surface area contributed by atoms with Gasteiger partial charge in [-0.05, 0) is 43.2 Å². The normalized spacial score (nSPS) is 30.5. The number of piperidine rings is 1. The molecular formula is C25H36N4O3S. The summed E-state index contributed by atoms with van der Waals surface area (Å²) >= 11 is 1.56. The standard InChI is InChI=1S/C25H36N4O3S/c30-23-10-2-1-5-13-29(23)21-9-6-12-28(17-21)24(31)26-15-22-25(32,33-22)18-27-14-11-19-7-3-4-8-20(19)16-27/h3-4,7-8,21-22,32H,1-2,5-6,9-18H2,(H,26,31)/t21-,22?,25-/m1/s1. The third-order valence-electron chi connectivity index (χ3n) is 7.63. The number of hydrogen-bond acceptors (Lipinski definition) is 5. The number of rotatable bonds is 5. The highest BCUT2D eigenvalue weighted by Crippen LogP contribution is 2.51. The number of carbonyl (C=O) groups is 2.